The molecule has 0 atom stereocenters. The zero-order valence-corrected chi connectivity index (χ0v) is 11.0. The van der Waals surface area contributed by atoms with E-state index in [0.29, 0.717) is 10.2 Å². The largest absolute Gasteiger partial charge is 0.394 e. The lowest BCUT2D eigenvalue weighted by molar-refractivity contribution is 0.0838. The number of aromatic nitrogens is 1. The van der Waals surface area contributed by atoms with Crippen molar-refractivity contribution in [2.75, 3.05) is 6.61 Å². The van der Waals surface area contributed by atoms with Gasteiger partial charge in [0, 0.05) is 11.8 Å². The second-order valence-electron chi connectivity index (χ2n) is 4.47. The number of aliphatic hydroxyl groups excluding tert-OH is 1. The highest BCUT2D eigenvalue weighted by atomic mass is 79.9. The Morgan fingerprint density at radius 3 is 2.82 bits per heavy atom. The Hall–Kier alpha value is -0.940. The van der Waals surface area contributed by atoms with E-state index in [4.69, 9.17) is 0 Å². The number of aliphatic hydroxyl groups is 1. The standard InChI is InChI=1S/C12H15BrN2O2/c13-10-7-9(3-6-14-10)11(17)15-12(8-16)4-1-2-5-12/h3,6-7,16H,1-2,4-5,8H2,(H,15,17). The second kappa shape index (κ2) is 5.14. The maximum atomic E-state index is 12.0. The van der Waals surface area contributed by atoms with E-state index in [1.165, 1.54) is 0 Å². The molecule has 17 heavy (non-hydrogen) atoms. The summed E-state index contributed by atoms with van der Waals surface area (Å²) in [6.45, 7) is 0.00495. The van der Waals surface area contributed by atoms with Crippen molar-refractivity contribution in [2.24, 2.45) is 0 Å². The molecule has 2 rings (SSSR count). The monoisotopic (exact) mass is 298 g/mol. The number of amides is 1. The lowest BCUT2D eigenvalue weighted by Gasteiger charge is -2.27. The molecule has 0 radical (unpaired) electrons. The van der Waals surface area contributed by atoms with Crippen molar-refractivity contribution in [1.82, 2.24) is 10.3 Å². The van der Waals surface area contributed by atoms with Crippen molar-refractivity contribution in [1.29, 1.82) is 0 Å². The first-order valence-electron chi connectivity index (χ1n) is 5.70. The van der Waals surface area contributed by atoms with E-state index >= 15 is 0 Å². The maximum absolute atomic E-state index is 12.0. The Bertz CT molecular complexity index is 417. The average molecular weight is 299 g/mol. The molecule has 92 valence electrons. The van der Waals surface area contributed by atoms with Crippen LogP contribution in [0, 0.1) is 0 Å². The number of pyridine rings is 1. The minimum Gasteiger partial charge on any atom is -0.394 e. The van der Waals surface area contributed by atoms with Crippen LogP contribution in [0.15, 0.2) is 22.9 Å². The van der Waals surface area contributed by atoms with Gasteiger partial charge in [0.25, 0.3) is 5.91 Å². The fraction of sp³-hybridized carbons (Fsp3) is 0.500. The molecular formula is C12H15BrN2O2. The topological polar surface area (TPSA) is 62.2 Å². The van der Waals surface area contributed by atoms with Crippen molar-refractivity contribution < 1.29 is 9.90 Å². The molecule has 0 aromatic carbocycles. The van der Waals surface area contributed by atoms with Crippen LogP contribution in [-0.4, -0.2) is 28.1 Å². The zero-order chi connectivity index (χ0) is 12.3. The van der Waals surface area contributed by atoms with Crippen molar-refractivity contribution in [2.45, 2.75) is 31.2 Å². The van der Waals surface area contributed by atoms with Crippen molar-refractivity contribution in [3.63, 3.8) is 0 Å². The molecule has 1 amide bonds. The van der Waals surface area contributed by atoms with Crippen LogP contribution in [-0.2, 0) is 0 Å². The van der Waals surface area contributed by atoms with Gasteiger partial charge < -0.3 is 10.4 Å². The van der Waals surface area contributed by atoms with E-state index in [1.807, 2.05) is 0 Å². The molecule has 0 unspecified atom stereocenters. The van der Waals surface area contributed by atoms with Crippen LogP contribution < -0.4 is 5.32 Å². The van der Waals surface area contributed by atoms with E-state index in [9.17, 15) is 9.90 Å². The number of halogens is 1. The molecule has 1 aromatic heterocycles. The minimum atomic E-state index is -0.424. The van der Waals surface area contributed by atoms with Gasteiger partial charge in [-0.2, -0.15) is 0 Å². The Balaban J connectivity index is 2.11. The van der Waals surface area contributed by atoms with Gasteiger partial charge >= 0.3 is 0 Å². The number of carbonyl (C=O) groups excluding carboxylic acids is 1. The van der Waals surface area contributed by atoms with Gasteiger partial charge in [-0.15, -0.1) is 0 Å². The van der Waals surface area contributed by atoms with E-state index in [2.05, 4.69) is 26.2 Å². The van der Waals surface area contributed by atoms with Crippen LogP contribution >= 0.6 is 15.9 Å². The van der Waals surface area contributed by atoms with Gasteiger partial charge in [0.1, 0.15) is 4.60 Å². The summed E-state index contributed by atoms with van der Waals surface area (Å²) >= 11 is 3.23. The Labute approximate surface area is 109 Å². The van der Waals surface area contributed by atoms with Gasteiger partial charge in [-0.05, 0) is 40.9 Å². The first kappa shape index (κ1) is 12.5. The van der Waals surface area contributed by atoms with Crippen LogP contribution in [0.25, 0.3) is 0 Å². The van der Waals surface area contributed by atoms with Crippen LogP contribution in [0.4, 0.5) is 0 Å². The molecule has 0 aliphatic heterocycles. The highest BCUT2D eigenvalue weighted by Gasteiger charge is 2.34. The molecule has 1 aliphatic carbocycles. The molecule has 1 aliphatic rings. The Morgan fingerprint density at radius 2 is 2.24 bits per heavy atom. The normalized spacial score (nSPS) is 18.0. The predicted octanol–water partition coefficient (Wildman–Crippen LogP) is 1.88. The molecule has 0 spiro atoms. The second-order valence-corrected chi connectivity index (χ2v) is 5.28. The first-order valence-corrected chi connectivity index (χ1v) is 6.49. The van der Waals surface area contributed by atoms with Crippen LogP contribution in [0.5, 0.6) is 0 Å². The summed E-state index contributed by atoms with van der Waals surface area (Å²) in [5, 5.41) is 12.4. The third-order valence-corrected chi connectivity index (χ3v) is 3.66. The fourth-order valence-electron chi connectivity index (χ4n) is 2.23. The van der Waals surface area contributed by atoms with Crippen LogP contribution in [0.3, 0.4) is 0 Å². The third kappa shape index (κ3) is 2.84. The molecule has 2 N–H and O–H groups in total. The average Bonchev–Trinajstić information content (AvgIpc) is 2.78. The third-order valence-electron chi connectivity index (χ3n) is 3.23. The molecule has 4 nitrogen and oxygen atoms in total. The van der Waals surface area contributed by atoms with Crippen molar-refractivity contribution in [3.05, 3.63) is 28.5 Å². The van der Waals surface area contributed by atoms with E-state index in [-0.39, 0.29) is 12.5 Å². The molecular weight excluding hydrogens is 284 g/mol. The summed E-state index contributed by atoms with van der Waals surface area (Å²) in [7, 11) is 0. The molecule has 1 fully saturated rings. The number of hydrogen-bond donors (Lipinski definition) is 2. The smallest absolute Gasteiger partial charge is 0.251 e. The van der Waals surface area contributed by atoms with Crippen LogP contribution in [0.2, 0.25) is 0 Å². The Kier molecular flexibility index (Phi) is 3.79. The zero-order valence-electron chi connectivity index (χ0n) is 9.45. The van der Waals surface area contributed by atoms with E-state index < -0.39 is 5.54 Å². The van der Waals surface area contributed by atoms with Gasteiger partial charge in [0.15, 0.2) is 0 Å². The summed E-state index contributed by atoms with van der Waals surface area (Å²) in [4.78, 5) is 16.0. The van der Waals surface area contributed by atoms with Gasteiger partial charge in [0.2, 0.25) is 0 Å². The quantitative estimate of drug-likeness (QED) is 0.838. The molecule has 5 heteroatoms. The summed E-state index contributed by atoms with van der Waals surface area (Å²) in [5.74, 6) is -0.149. The molecule has 1 aromatic rings. The van der Waals surface area contributed by atoms with Crippen molar-refractivity contribution in [3.8, 4) is 0 Å². The number of nitrogens with zero attached hydrogens (tertiary/aromatic N) is 1. The summed E-state index contributed by atoms with van der Waals surface area (Å²) in [6.07, 6.45) is 5.39. The van der Waals surface area contributed by atoms with Gasteiger partial charge in [-0.1, -0.05) is 12.8 Å². The van der Waals surface area contributed by atoms with Gasteiger partial charge in [-0.25, -0.2) is 4.98 Å². The number of nitrogens with one attached hydrogen (secondary N) is 1. The van der Waals surface area contributed by atoms with E-state index in [1.54, 1.807) is 18.3 Å². The summed E-state index contributed by atoms with van der Waals surface area (Å²) in [5.41, 5.74) is 0.138. The molecule has 0 saturated heterocycles. The summed E-state index contributed by atoms with van der Waals surface area (Å²) < 4.78 is 0.634. The fourth-order valence-corrected chi connectivity index (χ4v) is 2.60. The number of carbonyl (C=O) groups is 1. The molecule has 0 bridgehead atoms. The lowest BCUT2D eigenvalue weighted by atomic mass is 9.98. The first-order chi connectivity index (χ1) is 8.15. The van der Waals surface area contributed by atoms with Crippen molar-refractivity contribution >= 4 is 21.8 Å². The predicted molar refractivity (Wildman–Crippen MR) is 67.7 cm³/mol. The van der Waals surface area contributed by atoms with Gasteiger partial charge in [0.05, 0.1) is 12.1 Å². The molecule has 1 saturated carbocycles. The van der Waals surface area contributed by atoms with E-state index in [0.717, 1.165) is 25.7 Å². The lowest BCUT2D eigenvalue weighted by Crippen LogP contribution is -2.49. The number of hydrogen-bond acceptors (Lipinski definition) is 3. The van der Waals surface area contributed by atoms with Gasteiger partial charge in [-0.3, -0.25) is 4.79 Å². The number of rotatable bonds is 3. The minimum absolute atomic E-state index is 0.00495. The van der Waals surface area contributed by atoms with Crippen LogP contribution in [0.1, 0.15) is 36.0 Å². The SMILES string of the molecule is O=C(NC1(CO)CCCC1)c1ccnc(Br)c1. The molecule has 1 heterocycles. The summed E-state index contributed by atoms with van der Waals surface area (Å²) in [6, 6.07) is 3.34. The maximum Gasteiger partial charge on any atom is 0.251 e. The Morgan fingerprint density at radius 1 is 1.53 bits per heavy atom. The highest BCUT2D eigenvalue weighted by molar-refractivity contribution is 9.10. The highest BCUT2D eigenvalue weighted by Crippen LogP contribution is 2.29.